The van der Waals surface area contributed by atoms with E-state index in [1.165, 1.54) is 12.1 Å². The zero-order valence-electron chi connectivity index (χ0n) is 16.3. The molecule has 1 atom stereocenters. The molecular formula is C22H26FN3O2. The van der Waals surface area contributed by atoms with E-state index in [0.717, 1.165) is 32.5 Å². The van der Waals surface area contributed by atoms with E-state index >= 15 is 0 Å². The van der Waals surface area contributed by atoms with E-state index in [-0.39, 0.29) is 11.9 Å². The fourth-order valence-corrected chi connectivity index (χ4v) is 4.20. The van der Waals surface area contributed by atoms with Gasteiger partial charge in [-0.15, -0.1) is 0 Å². The summed E-state index contributed by atoms with van der Waals surface area (Å²) in [5, 5.41) is 13.3. The van der Waals surface area contributed by atoms with Crippen LogP contribution in [0.15, 0.2) is 36.7 Å². The van der Waals surface area contributed by atoms with Crippen LogP contribution in [0, 0.1) is 11.7 Å². The number of halogens is 1. The molecule has 5 rings (SSSR count). The topological polar surface area (TPSA) is 65.5 Å². The molecule has 3 saturated heterocycles. The molecular weight excluding hydrogens is 357 g/mol. The molecule has 2 N–H and O–H groups in total. The van der Waals surface area contributed by atoms with Gasteiger partial charge >= 0.3 is 0 Å². The second-order valence-corrected chi connectivity index (χ2v) is 8.47. The van der Waals surface area contributed by atoms with Crippen LogP contribution in [0.1, 0.15) is 42.6 Å². The number of amides is 1. The highest BCUT2D eigenvalue weighted by Gasteiger charge is 2.35. The molecule has 1 aromatic heterocycles. The molecule has 0 spiro atoms. The lowest BCUT2D eigenvalue weighted by atomic mass is 9.84. The van der Waals surface area contributed by atoms with Gasteiger partial charge in [0, 0.05) is 41.7 Å². The Bertz CT molecular complexity index is 886. The van der Waals surface area contributed by atoms with Gasteiger partial charge in [-0.2, -0.15) is 0 Å². The average Bonchev–Trinajstić information content (AvgIpc) is 2.68. The van der Waals surface area contributed by atoms with E-state index in [0.29, 0.717) is 28.2 Å². The van der Waals surface area contributed by atoms with Gasteiger partial charge in [0.2, 0.25) is 0 Å². The molecule has 4 heterocycles. The minimum Gasteiger partial charge on any atom is -0.386 e. The van der Waals surface area contributed by atoms with Gasteiger partial charge < -0.3 is 15.3 Å². The molecule has 6 heteroatoms. The smallest absolute Gasteiger partial charge is 0.251 e. The summed E-state index contributed by atoms with van der Waals surface area (Å²) in [6.07, 6.45) is 5.41. The van der Waals surface area contributed by atoms with Crippen molar-refractivity contribution in [3.05, 3.63) is 53.6 Å². The summed E-state index contributed by atoms with van der Waals surface area (Å²) in [4.78, 5) is 19.3. The zero-order valence-corrected chi connectivity index (χ0v) is 16.3. The number of carbonyl (C=O) groups is 1. The predicted molar refractivity (Wildman–Crippen MR) is 105 cm³/mol. The first-order valence-electron chi connectivity index (χ1n) is 9.82. The summed E-state index contributed by atoms with van der Waals surface area (Å²) >= 11 is 0. The van der Waals surface area contributed by atoms with E-state index < -0.39 is 11.4 Å². The summed E-state index contributed by atoms with van der Waals surface area (Å²) in [5.74, 6) is -0.203. The van der Waals surface area contributed by atoms with Crippen LogP contribution in [-0.2, 0) is 5.60 Å². The molecule has 3 fully saturated rings. The van der Waals surface area contributed by atoms with Crippen molar-refractivity contribution in [1.82, 2.24) is 15.2 Å². The second-order valence-electron chi connectivity index (χ2n) is 8.47. The molecule has 0 aliphatic carbocycles. The summed E-state index contributed by atoms with van der Waals surface area (Å²) in [6.45, 7) is 6.42. The van der Waals surface area contributed by atoms with Crippen LogP contribution in [0.4, 0.5) is 4.39 Å². The summed E-state index contributed by atoms with van der Waals surface area (Å²) < 4.78 is 14.3. The maximum atomic E-state index is 14.3. The van der Waals surface area contributed by atoms with Crippen molar-refractivity contribution in [2.45, 2.75) is 38.3 Å². The van der Waals surface area contributed by atoms with Gasteiger partial charge in [0.15, 0.2) is 0 Å². The maximum absolute atomic E-state index is 14.3. The molecule has 3 aliphatic rings. The monoisotopic (exact) mass is 383 g/mol. The van der Waals surface area contributed by atoms with E-state index in [9.17, 15) is 14.3 Å². The van der Waals surface area contributed by atoms with Gasteiger partial charge in [0.05, 0.1) is 5.60 Å². The Morgan fingerprint density at radius 2 is 1.93 bits per heavy atom. The van der Waals surface area contributed by atoms with E-state index in [2.05, 4.69) is 15.2 Å². The lowest BCUT2D eigenvalue weighted by Gasteiger charge is -2.44. The fraction of sp³-hybridized carbons (Fsp3) is 0.455. The van der Waals surface area contributed by atoms with Crippen LogP contribution in [0.25, 0.3) is 11.1 Å². The van der Waals surface area contributed by atoms with Crippen LogP contribution in [0.2, 0.25) is 0 Å². The molecule has 1 aromatic carbocycles. The van der Waals surface area contributed by atoms with Crippen molar-refractivity contribution >= 4 is 5.91 Å². The first-order valence-corrected chi connectivity index (χ1v) is 9.82. The highest BCUT2D eigenvalue weighted by molar-refractivity contribution is 5.95. The van der Waals surface area contributed by atoms with E-state index in [1.54, 1.807) is 38.4 Å². The largest absolute Gasteiger partial charge is 0.386 e. The van der Waals surface area contributed by atoms with Crippen molar-refractivity contribution in [2.75, 3.05) is 19.6 Å². The Labute approximate surface area is 164 Å². The third kappa shape index (κ3) is 3.93. The van der Waals surface area contributed by atoms with E-state index in [4.69, 9.17) is 0 Å². The zero-order chi connectivity index (χ0) is 19.9. The lowest BCUT2D eigenvalue weighted by molar-refractivity contribution is 0.0620. The van der Waals surface area contributed by atoms with Gasteiger partial charge in [-0.1, -0.05) is 0 Å². The van der Waals surface area contributed by atoms with Crippen molar-refractivity contribution in [2.24, 2.45) is 5.92 Å². The van der Waals surface area contributed by atoms with Crippen molar-refractivity contribution < 1.29 is 14.3 Å². The SMILES string of the molecule is CC(C)(O)c1cncc(-c2cc(F)cc(C(=O)NC3CN4CCC3CC4)c2)c1. The minimum atomic E-state index is -1.05. The third-order valence-corrected chi connectivity index (χ3v) is 5.91. The van der Waals surface area contributed by atoms with Gasteiger partial charge in [-0.25, -0.2) is 4.39 Å². The number of hydrogen-bond donors (Lipinski definition) is 2. The molecule has 5 nitrogen and oxygen atoms in total. The Hall–Kier alpha value is -2.31. The number of aliphatic hydroxyl groups is 1. The van der Waals surface area contributed by atoms with Crippen LogP contribution in [0.3, 0.4) is 0 Å². The number of carbonyl (C=O) groups excluding carboxylic acids is 1. The van der Waals surface area contributed by atoms with Crippen molar-refractivity contribution in [3.8, 4) is 11.1 Å². The number of nitrogens with one attached hydrogen (secondary N) is 1. The molecule has 0 radical (unpaired) electrons. The van der Waals surface area contributed by atoms with Crippen molar-refractivity contribution in [1.29, 1.82) is 0 Å². The van der Waals surface area contributed by atoms with Crippen molar-refractivity contribution in [3.63, 3.8) is 0 Å². The molecule has 28 heavy (non-hydrogen) atoms. The fourth-order valence-electron chi connectivity index (χ4n) is 4.20. The quantitative estimate of drug-likeness (QED) is 0.852. The Balaban J connectivity index is 1.58. The summed E-state index contributed by atoms with van der Waals surface area (Å²) in [6, 6.07) is 6.24. The van der Waals surface area contributed by atoms with Gasteiger partial charge in [-0.3, -0.25) is 9.78 Å². The number of hydrogen-bond acceptors (Lipinski definition) is 4. The standard InChI is InChI=1S/C22H26FN3O2/c1-22(2,28)18-8-17(11-24-12-18)15-7-16(10-19(23)9-15)21(27)25-20-13-26-5-3-14(20)4-6-26/h7-12,14,20,28H,3-6,13H2,1-2H3,(H,25,27). The third-order valence-electron chi connectivity index (χ3n) is 5.91. The molecule has 148 valence electrons. The molecule has 1 amide bonds. The maximum Gasteiger partial charge on any atom is 0.251 e. The molecule has 0 saturated carbocycles. The second kappa shape index (κ2) is 7.26. The van der Waals surface area contributed by atoms with Gasteiger partial charge in [0.25, 0.3) is 5.91 Å². The van der Waals surface area contributed by atoms with Gasteiger partial charge in [0.1, 0.15) is 5.82 Å². The Morgan fingerprint density at radius 1 is 1.18 bits per heavy atom. The lowest BCUT2D eigenvalue weighted by Crippen LogP contribution is -2.57. The van der Waals surface area contributed by atoms with Crippen LogP contribution in [0.5, 0.6) is 0 Å². The van der Waals surface area contributed by atoms with Crippen LogP contribution >= 0.6 is 0 Å². The number of fused-ring (bicyclic) bond motifs is 3. The van der Waals surface area contributed by atoms with Crippen LogP contribution in [-0.4, -0.2) is 46.6 Å². The number of pyridine rings is 1. The number of benzene rings is 1. The first-order chi connectivity index (χ1) is 13.3. The number of nitrogens with zero attached hydrogens (tertiary/aromatic N) is 2. The molecule has 2 aromatic rings. The number of rotatable bonds is 4. The predicted octanol–water partition coefficient (Wildman–Crippen LogP) is 2.94. The number of piperidine rings is 3. The first kappa shape index (κ1) is 19.0. The Morgan fingerprint density at radius 3 is 2.57 bits per heavy atom. The van der Waals surface area contributed by atoms with E-state index in [1.807, 2.05) is 0 Å². The Kier molecular flexibility index (Phi) is 4.93. The van der Waals surface area contributed by atoms with Crippen LogP contribution < -0.4 is 5.32 Å². The highest BCUT2D eigenvalue weighted by Crippen LogP contribution is 2.29. The highest BCUT2D eigenvalue weighted by atomic mass is 19.1. The molecule has 2 bridgehead atoms. The molecule has 1 unspecified atom stereocenters. The molecule has 3 aliphatic heterocycles. The minimum absolute atomic E-state index is 0.127. The van der Waals surface area contributed by atoms with Gasteiger partial charge in [-0.05, 0) is 75.5 Å². The number of aromatic nitrogens is 1. The average molecular weight is 383 g/mol. The normalized spacial score (nSPS) is 24.2. The summed E-state index contributed by atoms with van der Waals surface area (Å²) in [5.41, 5.74) is 1.12. The summed E-state index contributed by atoms with van der Waals surface area (Å²) in [7, 11) is 0.